The van der Waals surface area contributed by atoms with E-state index in [0.29, 0.717) is 0 Å². The molecular formula is C9H5BrIN. The molecule has 0 atom stereocenters. The Morgan fingerprint density at radius 1 is 1.25 bits per heavy atom. The zero-order chi connectivity index (χ0) is 8.55. The van der Waals surface area contributed by atoms with Crippen LogP contribution in [0.2, 0.25) is 0 Å². The highest BCUT2D eigenvalue weighted by molar-refractivity contribution is 14.1. The van der Waals surface area contributed by atoms with E-state index in [0.717, 1.165) is 9.99 Å². The first-order valence-corrected chi connectivity index (χ1v) is 5.35. The minimum atomic E-state index is 1.05. The number of rotatable bonds is 0. The molecule has 0 saturated carbocycles. The SMILES string of the molecule is Brc1cnc2ccccc2c1I. The molecule has 0 aliphatic carbocycles. The topological polar surface area (TPSA) is 12.9 Å². The predicted octanol–water partition coefficient (Wildman–Crippen LogP) is 3.60. The van der Waals surface area contributed by atoms with Gasteiger partial charge in [0.25, 0.3) is 0 Å². The van der Waals surface area contributed by atoms with Crippen LogP contribution in [0.4, 0.5) is 0 Å². The monoisotopic (exact) mass is 333 g/mol. The van der Waals surface area contributed by atoms with E-state index in [-0.39, 0.29) is 0 Å². The quantitative estimate of drug-likeness (QED) is 0.671. The Morgan fingerprint density at radius 3 is 2.83 bits per heavy atom. The summed E-state index contributed by atoms with van der Waals surface area (Å²) in [5.74, 6) is 0. The smallest absolute Gasteiger partial charge is 0.0713 e. The van der Waals surface area contributed by atoms with Gasteiger partial charge in [-0.15, -0.1) is 0 Å². The molecule has 3 heteroatoms. The normalized spacial score (nSPS) is 10.5. The summed E-state index contributed by atoms with van der Waals surface area (Å²) >= 11 is 5.76. The van der Waals surface area contributed by atoms with Gasteiger partial charge in [0, 0.05) is 19.6 Å². The first kappa shape index (κ1) is 8.44. The summed E-state index contributed by atoms with van der Waals surface area (Å²) in [4.78, 5) is 4.29. The average Bonchev–Trinajstić information content (AvgIpc) is 2.12. The van der Waals surface area contributed by atoms with Crippen molar-refractivity contribution in [2.45, 2.75) is 0 Å². The van der Waals surface area contributed by atoms with Crippen LogP contribution in [0.1, 0.15) is 0 Å². The van der Waals surface area contributed by atoms with E-state index >= 15 is 0 Å². The second-order valence-electron chi connectivity index (χ2n) is 2.44. The summed E-state index contributed by atoms with van der Waals surface area (Å²) < 4.78 is 2.28. The summed E-state index contributed by atoms with van der Waals surface area (Å²) in [5, 5.41) is 1.20. The molecule has 2 aromatic rings. The Hall–Kier alpha value is -0.160. The van der Waals surface area contributed by atoms with Gasteiger partial charge in [0.1, 0.15) is 0 Å². The van der Waals surface area contributed by atoms with E-state index in [9.17, 15) is 0 Å². The Balaban J connectivity index is 2.91. The summed E-state index contributed by atoms with van der Waals surface area (Å²) in [5.41, 5.74) is 1.05. The minimum Gasteiger partial charge on any atom is -0.255 e. The maximum absolute atomic E-state index is 4.29. The number of pyridine rings is 1. The molecule has 0 spiro atoms. The number of hydrogen-bond acceptors (Lipinski definition) is 1. The fraction of sp³-hybridized carbons (Fsp3) is 0. The van der Waals surface area contributed by atoms with E-state index in [1.54, 1.807) is 0 Å². The molecule has 0 aliphatic heterocycles. The van der Waals surface area contributed by atoms with Gasteiger partial charge >= 0.3 is 0 Å². The van der Waals surface area contributed by atoms with Crippen molar-refractivity contribution in [3.63, 3.8) is 0 Å². The van der Waals surface area contributed by atoms with E-state index in [4.69, 9.17) is 0 Å². The molecule has 0 aliphatic rings. The summed E-state index contributed by atoms with van der Waals surface area (Å²) in [7, 11) is 0. The van der Waals surface area contributed by atoms with Crippen LogP contribution in [-0.2, 0) is 0 Å². The number of para-hydroxylation sites is 1. The number of halogens is 2. The highest BCUT2D eigenvalue weighted by atomic mass is 127. The molecular weight excluding hydrogens is 329 g/mol. The third kappa shape index (κ3) is 1.35. The molecule has 1 nitrogen and oxygen atoms in total. The van der Waals surface area contributed by atoms with Crippen molar-refractivity contribution in [2.24, 2.45) is 0 Å². The van der Waals surface area contributed by atoms with Crippen molar-refractivity contribution < 1.29 is 0 Å². The molecule has 0 fully saturated rings. The van der Waals surface area contributed by atoms with Crippen molar-refractivity contribution in [3.05, 3.63) is 38.5 Å². The molecule has 0 unspecified atom stereocenters. The van der Waals surface area contributed by atoms with Crippen molar-refractivity contribution in [1.82, 2.24) is 4.98 Å². The van der Waals surface area contributed by atoms with Gasteiger partial charge in [-0.1, -0.05) is 18.2 Å². The largest absolute Gasteiger partial charge is 0.255 e. The van der Waals surface area contributed by atoms with Gasteiger partial charge in [-0.3, -0.25) is 4.98 Å². The number of hydrogen-bond donors (Lipinski definition) is 0. The predicted molar refractivity (Wildman–Crippen MR) is 62.2 cm³/mol. The van der Waals surface area contributed by atoms with Crippen molar-refractivity contribution in [1.29, 1.82) is 0 Å². The molecule has 0 N–H and O–H groups in total. The van der Waals surface area contributed by atoms with E-state index in [1.165, 1.54) is 8.96 Å². The lowest BCUT2D eigenvalue weighted by Gasteiger charge is -2.00. The van der Waals surface area contributed by atoms with Crippen LogP contribution in [0.3, 0.4) is 0 Å². The van der Waals surface area contributed by atoms with Gasteiger partial charge in [-0.05, 0) is 44.6 Å². The maximum Gasteiger partial charge on any atom is 0.0713 e. The van der Waals surface area contributed by atoms with Crippen LogP contribution in [0.5, 0.6) is 0 Å². The number of aromatic nitrogens is 1. The minimum absolute atomic E-state index is 1.05. The lowest BCUT2D eigenvalue weighted by molar-refractivity contribution is 1.37. The van der Waals surface area contributed by atoms with Gasteiger partial charge < -0.3 is 0 Å². The first-order valence-electron chi connectivity index (χ1n) is 3.48. The Labute approximate surface area is 92.5 Å². The number of benzene rings is 1. The highest BCUT2D eigenvalue weighted by Crippen LogP contribution is 2.25. The van der Waals surface area contributed by atoms with Gasteiger partial charge in [-0.25, -0.2) is 0 Å². The number of nitrogens with zero attached hydrogens (tertiary/aromatic N) is 1. The standard InChI is InChI=1S/C9H5BrIN/c10-7-5-12-8-4-2-1-3-6(8)9(7)11/h1-5H. The van der Waals surface area contributed by atoms with Gasteiger partial charge in [0.2, 0.25) is 0 Å². The zero-order valence-corrected chi connectivity index (χ0v) is 9.83. The molecule has 1 heterocycles. The highest BCUT2D eigenvalue weighted by Gasteiger charge is 2.01. The van der Waals surface area contributed by atoms with Crippen molar-refractivity contribution >= 4 is 49.4 Å². The molecule has 0 amide bonds. The molecule has 2 rings (SSSR count). The molecule has 60 valence electrons. The van der Waals surface area contributed by atoms with Crippen LogP contribution in [0.25, 0.3) is 10.9 Å². The molecule has 1 aromatic heterocycles. The Morgan fingerprint density at radius 2 is 2.00 bits per heavy atom. The van der Waals surface area contributed by atoms with Gasteiger partial charge in [0.15, 0.2) is 0 Å². The average molecular weight is 334 g/mol. The maximum atomic E-state index is 4.29. The molecule has 0 bridgehead atoms. The molecule has 1 aromatic carbocycles. The second-order valence-corrected chi connectivity index (χ2v) is 4.37. The fourth-order valence-electron chi connectivity index (χ4n) is 1.08. The summed E-state index contributed by atoms with van der Waals surface area (Å²) in [6.07, 6.45) is 1.84. The van der Waals surface area contributed by atoms with Crippen LogP contribution >= 0.6 is 38.5 Å². The third-order valence-electron chi connectivity index (χ3n) is 1.67. The Bertz CT molecular complexity index is 428. The van der Waals surface area contributed by atoms with Crippen LogP contribution in [0, 0.1) is 3.57 Å². The fourth-order valence-corrected chi connectivity index (χ4v) is 1.99. The Kier molecular flexibility index (Phi) is 2.32. The molecule has 0 radical (unpaired) electrons. The lowest BCUT2D eigenvalue weighted by Crippen LogP contribution is -1.82. The zero-order valence-electron chi connectivity index (χ0n) is 6.09. The van der Waals surface area contributed by atoms with Crippen molar-refractivity contribution in [2.75, 3.05) is 0 Å². The lowest BCUT2D eigenvalue weighted by atomic mass is 10.2. The first-order chi connectivity index (χ1) is 5.79. The summed E-state index contributed by atoms with van der Waals surface area (Å²) in [6, 6.07) is 8.12. The summed E-state index contributed by atoms with van der Waals surface area (Å²) in [6.45, 7) is 0. The van der Waals surface area contributed by atoms with Crippen LogP contribution < -0.4 is 0 Å². The van der Waals surface area contributed by atoms with Crippen LogP contribution in [0.15, 0.2) is 34.9 Å². The van der Waals surface area contributed by atoms with Crippen molar-refractivity contribution in [3.8, 4) is 0 Å². The van der Waals surface area contributed by atoms with Gasteiger partial charge in [-0.2, -0.15) is 0 Å². The van der Waals surface area contributed by atoms with E-state index in [2.05, 4.69) is 49.6 Å². The van der Waals surface area contributed by atoms with E-state index < -0.39 is 0 Å². The second kappa shape index (κ2) is 3.30. The number of fused-ring (bicyclic) bond motifs is 1. The van der Waals surface area contributed by atoms with Crippen LogP contribution in [-0.4, -0.2) is 4.98 Å². The third-order valence-corrected chi connectivity index (χ3v) is 4.17. The van der Waals surface area contributed by atoms with Gasteiger partial charge in [0.05, 0.1) is 5.52 Å². The molecule has 0 saturated heterocycles. The molecule has 12 heavy (non-hydrogen) atoms. The van der Waals surface area contributed by atoms with E-state index in [1.807, 2.05) is 24.4 Å².